The maximum absolute atomic E-state index is 13.4. The van der Waals surface area contributed by atoms with Gasteiger partial charge in [0.15, 0.2) is 6.61 Å². The van der Waals surface area contributed by atoms with Crippen LogP contribution in [0, 0.1) is 5.92 Å². The molecule has 1 aliphatic rings. The third-order valence-corrected chi connectivity index (χ3v) is 6.03. The first-order valence-corrected chi connectivity index (χ1v) is 12.6. The van der Waals surface area contributed by atoms with Crippen LogP contribution in [0.15, 0.2) is 24.3 Å². The Hall–Kier alpha value is -3.10. The minimum Gasteiger partial charge on any atom is -0.483 e. The fourth-order valence-electron chi connectivity index (χ4n) is 3.90. The predicted molar refractivity (Wildman–Crippen MR) is 139 cm³/mol. The number of nitrogens with zero attached hydrogens (tertiary/aromatic N) is 2. The Morgan fingerprint density at radius 3 is 2.28 bits per heavy atom. The Morgan fingerprint density at radius 2 is 1.75 bits per heavy atom. The zero-order chi connectivity index (χ0) is 27.2. The van der Waals surface area contributed by atoms with E-state index < -0.39 is 23.5 Å². The molecule has 1 heterocycles. The second-order valence-corrected chi connectivity index (χ2v) is 11.1. The van der Waals surface area contributed by atoms with Crippen LogP contribution >= 0.6 is 0 Å². The summed E-state index contributed by atoms with van der Waals surface area (Å²) in [5.41, 5.74) is -0.166. The van der Waals surface area contributed by atoms with E-state index >= 15 is 0 Å². The average molecular weight is 503 g/mol. The number of nitrogens with one attached hydrogen (secondary N) is 2. The van der Waals surface area contributed by atoms with Gasteiger partial charge in [0.25, 0.3) is 11.8 Å². The highest BCUT2D eigenvalue weighted by molar-refractivity contribution is 6.00. The molecule has 0 unspecified atom stereocenters. The highest BCUT2D eigenvalue weighted by atomic mass is 16.5. The first-order chi connectivity index (χ1) is 16.7. The van der Waals surface area contributed by atoms with Crippen molar-refractivity contribution in [3.05, 3.63) is 29.8 Å². The molecule has 1 fully saturated rings. The summed E-state index contributed by atoms with van der Waals surface area (Å²) in [7, 11) is 1.74. The number of likely N-dealkylation sites (tertiary alicyclic amines) is 1. The van der Waals surface area contributed by atoms with Gasteiger partial charge in [0.05, 0.1) is 5.56 Å². The van der Waals surface area contributed by atoms with Crippen LogP contribution in [0.25, 0.3) is 0 Å². The maximum atomic E-state index is 13.4. The highest BCUT2D eigenvalue weighted by Gasteiger charge is 2.42. The number of carbonyl (C=O) groups excluding carboxylic acids is 4. The number of ether oxygens (including phenoxy) is 1. The van der Waals surface area contributed by atoms with E-state index in [0.717, 1.165) is 0 Å². The van der Waals surface area contributed by atoms with Crippen LogP contribution < -0.4 is 15.4 Å². The third-order valence-electron chi connectivity index (χ3n) is 6.03. The fraction of sp³-hybridized carbons (Fsp3) is 0.630. The quantitative estimate of drug-likeness (QED) is 0.511. The van der Waals surface area contributed by atoms with Crippen molar-refractivity contribution in [2.75, 3.05) is 20.2 Å². The molecule has 9 nitrogen and oxygen atoms in total. The van der Waals surface area contributed by atoms with Gasteiger partial charge in [0, 0.05) is 25.2 Å². The Kier molecular flexibility index (Phi) is 9.90. The van der Waals surface area contributed by atoms with Gasteiger partial charge in [-0.2, -0.15) is 0 Å². The molecule has 0 radical (unpaired) electrons. The second kappa shape index (κ2) is 12.2. The first-order valence-electron chi connectivity index (χ1n) is 12.6. The highest BCUT2D eigenvalue weighted by Crippen LogP contribution is 2.24. The van der Waals surface area contributed by atoms with E-state index in [-0.39, 0.29) is 47.6 Å². The van der Waals surface area contributed by atoms with Crippen LogP contribution in [0.3, 0.4) is 0 Å². The van der Waals surface area contributed by atoms with E-state index in [1.54, 1.807) is 41.1 Å². The van der Waals surface area contributed by atoms with Crippen molar-refractivity contribution in [2.45, 2.75) is 85.0 Å². The lowest BCUT2D eigenvalue weighted by atomic mass is 9.96. The summed E-state index contributed by atoms with van der Waals surface area (Å²) in [4.78, 5) is 54.9. The molecule has 9 heteroatoms. The third kappa shape index (κ3) is 7.96. The van der Waals surface area contributed by atoms with Gasteiger partial charge in [-0.15, -0.1) is 0 Å². The smallest absolute Gasteiger partial charge is 0.258 e. The van der Waals surface area contributed by atoms with Gasteiger partial charge in [-0.05, 0) is 65.5 Å². The molecule has 0 aromatic heterocycles. The van der Waals surface area contributed by atoms with Crippen LogP contribution in [0.5, 0.6) is 5.75 Å². The molecular formula is C27H42N4O5. The number of rotatable bonds is 10. The Balaban J connectivity index is 2.14. The van der Waals surface area contributed by atoms with Crippen LogP contribution in [0.1, 0.15) is 71.7 Å². The Bertz CT molecular complexity index is 954. The van der Waals surface area contributed by atoms with Gasteiger partial charge in [-0.1, -0.05) is 26.0 Å². The van der Waals surface area contributed by atoms with Gasteiger partial charge < -0.3 is 25.2 Å². The lowest BCUT2D eigenvalue weighted by Crippen LogP contribution is -2.63. The minimum absolute atomic E-state index is 0.0307. The Morgan fingerprint density at radius 1 is 1.11 bits per heavy atom. The number of carbonyl (C=O) groups is 4. The first kappa shape index (κ1) is 29.1. The van der Waals surface area contributed by atoms with Crippen molar-refractivity contribution in [2.24, 2.45) is 5.92 Å². The number of para-hydroxylation sites is 1. The van der Waals surface area contributed by atoms with Crippen molar-refractivity contribution in [1.29, 1.82) is 0 Å². The van der Waals surface area contributed by atoms with Crippen LogP contribution in [-0.2, 0) is 14.4 Å². The normalized spacial score (nSPS) is 16.3. The zero-order valence-electron chi connectivity index (χ0n) is 22.9. The van der Waals surface area contributed by atoms with Crippen LogP contribution in [-0.4, -0.2) is 77.3 Å². The molecule has 36 heavy (non-hydrogen) atoms. The van der Waals surface area contributed by atoms with Crippen LogP contribution in [0.2, 0.25) is 0 Å². The van der Waals surface area contributed by atoms with Crippen molar-refractivity contribution in [1.82, 2.24) is 20.4 Å². The van der Waals surface area contributed by atoms with E-state index in [9.17, 15) is 19.2 Å². The van der Waals surface area contributed by atoms with Gasteiger partial charge in [0.1, 0.15) is 17.8 Å². The summed E-state index contributed by atoms with van der Waals surface area (Å²) in [5, 5.41) is 5.67. The van der Waals surface area contributed by atoms with Gasteiger partial charge in [-0.3, -0.25) is 19.2 Å². The molecule has 0 bridgehead atoms. The summed E-state index contributed by atoms with van der Waals surface area (Å²) in [5.74, 6) is -0.729. The molecule has 0 saturated carbocycles. The Labute approximate surface area is 214 Å². The number of amides is 4. The number of hydrogen-bond acceptors (Lipinski definition) is 5. The lowest BCUT2D eigenvalue weighted by Gasteiger charge is -2.43. The van der Waals surface area contributed by atoms with Gasteiger partial charge in [-0.25, -0.2) is 0 Å². The predicted octanol–water partition coefficient (Wildman–Crippen LogP) is 2.59. The van der Waals surface area contributed by atoms with Gasteiger partial charge >= 0.3 is 0 Å². The van der Waals surface area contributed by atoms with E-state index in [2.05, 4.69) is 10.6 Å². The molecule has 4 amide bonds. The standard InChI is InChI=1S/C27H42N4O5/c1-17(2)15-20(25(34)31-14-13-21(31)26(35)30(8)18(3)4)28-24(33)19-11-9-10-12-22(19)36-16-23(32)29-27(5,6)7/h9-12,17-18,20-21H,13-16H2,1-8H3,(H,28,33)(H,29,32)/t20-,21-/m1/s1. The van der Waals surface area contributed by atoms with E-state index in [0.29, 0.717) is 19.4 Å². The summed E-state index contributed by atoms with van der Waals surface area (Å²) >= 11 is 0. The molecule has 2 atom stereocenters. The molecule has 0 aliphatic carbocycles. The molecule has 2 rings (SSSR count). The molecule has 0 spiro atoms. The molecule has 1 aromatic rings. The largest absolute Gasteiger partial charge is 0.483 e. The summed E-state index contributed by atoms with van der Waals surface area (Å²) in [6, 6.07) is 5.36. The van der Waals surface area contributed by atoms with Crippen molar-refractivity contribution >= 4 is 23.6 Å². The van der Waals surface area contributed by atoms with Crippen molar-refractivity contribution < 1.29 is 23.9 Å². The van der Waals surface area contributed by atoms with E-state index in [1.807, 2.05) is 48.5 Å². The van der Waals surface area contributed by atoms with Crippen molar-refractivity contribution in [3.63, 3.8) is 0 Å². The molecular weight excluding hydrogens is 460 g/mol. The molecule has 2 N–H and O–H groups in total. The minimum atomic E-state index is -0.783. The zero-order valence-corrected chi connectivity index (χ0v) is 22.9. The molecule has 1 saturated heterocycles. The number of benzene rings is 1. The number of hydrogen-bond donors (Lipinski definition) is 2. The monoisotopic (exact) mass is 502 g/mol. The lowest BCUT2D eigenvalue weighted by molar-refractivity contribution is -0.154. The van der Waals surface area contributed by atoms with Crippen molar-refractivity contribution in [3.8, 4) is 5.75 Å². The number of likely N-dealkylation sites (N-methyl/N-ethyl adjacent to an activating group) is 1. The average Bonchev–Trinajstić information content (AvgIpc) is 2.74. The maximum Gasteiger partial charge on any atom is 0.258 e. The SMILES string of the molecule is CC(C)C[C@@H](NC(=O)c1ccccc1OCC(=O)NC(C)(C)C)C(=O)N1CC[C@@H]1C(=O)N(C)C(C)C. The summed E-state index contributed by atoms with van der Waals surface area (Å²) in [6.45, 7) is 13.7. The van der Waals surface area contributed by atoms with Gasteiger partial charge in [0.2, 0.25) is 11.8 Å². The summed E-state index contributed by atoms with van der Waals surface area (Å²) < 4.78 is 5.65. The summed E-state index contributed by atoms with van der Waals surface area (Å²) in [6.07, 6.45) is 1.04. The van der Waals surface area contributed by atoms with E-state index in [1.165, 1.54) is 0 Å². The van der Waals surface area contributed by atoms with Crippen LogP contribution in [0.4, 0.5) is 0 Å². The fourth-order valence-corrected chi connectivity index (χ4v) is 3.90. The topological polar surface area (TPSA) is 108 Å². The molecule has 1 aromatic carbocycles. The second-order valence-electron chi connectivity index (χ2n) is 11.1. The van der Waals surface area contributed by atoms with E-state index in [4.69, 9.17) is 4.74 Å². The molecule has 1 aliphatic heterocycles. The molecule has 200 valence electrons.